The minimum absolute atomic E-state index is 0.199. The number of H-pyrrole nitrogens is 1. The molecule has 2 nitrogen and oxygen atoms in total. The lowest BCUT2D eigenvalue weighted by Gasteiger charge is -2.13. The molecule has 0 unspecified atom stereocenters. The Labute approximate surface area is 81.8 Å². The molecule has 0 saturated heterocycles. The van der Waals surface area contributed by atoms with Gasteiger partial charge in [-0.2, -0.15) is 0 Å². The lowest BCUT2D eigenvalue weighted by molar-refractivity contribution is 0.552. The summed E-state index contributed by atoms with van der Waals surface area (Å²) in [6, 6.07) is 0. The molecule has 1 heterocycles. The number of hydrogen-bond acceptors (Lipinski definition) is 1. The van der Waals surface area contributed by atoms with E-state index in [0.29, 0.717) is 0 Å². The predicted molar refractivity (Wildman–Crippen MR) is 45.0 cm³/mol. The van der Waals surface area contributed by atoms with Crippen LogP contribution in [0.3, 0.4) is 0 Å². The van der Waals surface area contributed by atoms with E-state index in [1.807, 2.05) is 0 Å². The molecule has 1 aromatic heterocycles. The van der Waals surface area contributed by atoms with Crippen molar-refractivity contribution in [2.45, 2.75) is 26.0 Å². The van der Waals surface area contributed by atoms with Crippen molar-refractivity contribution in [1.29, 1.82) is 0 Å². The summed E-state index contributed by atoms with van der Waals surface area (Å²) < 4.78 is 67.1. The summed E-state index contributed by atoms with van der Waals surface area (Å²) in [6.45, 7) is -9.87. The van der Waals surface area contributed by atoms with Crippen LogP contribution in [-0.4, -0.2) is 9.97 Å². The number of rotatable bonds is 0. The first-order valence-corrected chi connectivity index (χ1v) is 3.25. The van der Waals surface area contributed by atoms with Gasteiger partial charge in [0, 0.05) is 17.8 Å². The monoisotopic (exact) mass is 211 g/mol. The Bertz CT molecular complexity index is 418. The highest BCUT2D eigenvalue weighted by atomic mass is 79.9. The maximum atomic E-state index is 7.43. The average molecular weight is 212 g/mol. The maximum Gasteiger partial charge on any atom is 0.112 e. The lowest BCUT2D eigenvalue weighted by atomic mass is 9.96. The number of imidazole rings is 1. The fraction of sp³-hybridized carbons (Fsp3) is 0.571. The van der Waals surface area contributed by atoms with Crippen LogP contribution in [0.25, 0.3) is 0 Å². The third-order valence-corrected chi connectivity index (χ3v) is 1.30. The molecule has 10 heavy (non-hydrogen) atoms. The van der Waals surface area contributed by atoms with E-state index in [9.17, 15) is 0 Å². The molecule has 0 fully saturated rings. The van der Waals surface area contributed by atoms with Crippen LogP contribution in [0.5, 0.6) is 0 Å². The quantitative estimate of drug-likeness (QED) is 0.703. The molecule has 1 rings (SSSR count). The number of hydrogen-bond donors (Lipinski definition) is 1. The average Bonchev–Trinajstić information content (AvgIpc) is 2.43. The van der Waals surface area contributed by atoms with E-state index in [0.717, 1.165) is 6.20 Å². The third kappa shape index (κ3) is 1.59. The van der Waals surface area contributed by atoms with Crippen LogP contribution in [0.4, 0.5) is 0 Å². The molecular weight excluding hydrogens is 192 g/mol. The number of nitrogens with one attached hydrogen (secondary N) is 1. The van der Waals surface area contributed by atoms with Gasteiger partial charge in [0.25, 0.3) is 0 Å². The first kappa shape index (κ1) is 2.09. The minimum Gasteiger partial charge on any atom is -0.336 e. The van der Waals surface area contributed by atoms with Crippen LogP contribution in [0.15, 0.2) is 10.8 Å². The Morgan fingerprint density at radius 1 is 1.70 bits per heavy atom. The van der Waals surface area contributed by atoms with E-state index in [-0.39, 0.29) is 4.60 Å². The van der Waals surface area contributed by atoms with E-state index in [2.05, 4.69) is 25.9 Å². The number of aromatic amines is 1. The molecular formula is C7H11BrN2. The molecule has 1 N–H and O–H groups in total. The molecule has 0 amide bonds. The van der Waals surface area contributed by atoms with Gasteiger partial charge in [0.05, 0.1) is 6.20 Å². The first-order chi connectivity index (χ1) is 8.25. The molecule has 0 atom stereocenters. The predicted octanol–water partition coefficient (Wildman–Crippen LogP) is 2.47. The summed E-state index contributed by atoms with van der Waals surface area (Å²) in [5.41, 5.74) is -3.07. The van der Waals surface area contributed by atoms with Crippen LogP contribution >= 0.6 is 15.9 Å². The maximum absolute atomic E-state index is 7.43. The largest absolute Gasteiger partial charge is 0.336 e. The molecule has 3 heteroatoms. The summed E-state index contributed by atoms with van der Waals surface area (Å²) in [5.74, 6) is -0.612. The second kappa shape index (κ2) is 2.38. The van der Waals surface area contributed by atoms with Crippen molar-refractivity contribution in [3.8, 4) is 0 Å². The Kier molecular flexibility index (Phi) is 0.499. The molecule has 0 radical (unpaired) electrons. The van der Waals surface area contributed by atoms with E-state index < -0.39 is 31.8 Å². The lowest BCUT2D eigenvalue weighted by Crippen LogP contribution is -2.12. The van der Waals surface area contributed by atoms with Gasteiger partial charge in [-0.1, -0.05) is 20.6 Å². The zero-order valence-electron chi connectivity index (χ0n) is 13.9. The van der Waals surface area contributed by atoms with Crippen LogP contribution in [-0.2, 0) is 5.41 Å². The van der Waals surface area contributed by atoms with Crippen molar-refractivity contribution in [3.63, 3.8) is 0 Å². The Morgan fingerprint density at radius 3 is 2.80 bits per heavy atom. The highest BCUT2D eigenvalue weighted by Gasteiger charge is 2.16. The van der Waals surface area contributed by atoms with Crippen molar-refractivity contribution in [1.82, 2.24) is 9.97 Å². The van der Waals surface area contributed by atoms with Crippen LogP contribution in [0, 0.1) is 0 Å². The molecule has 0 spiro atoms. The zero-order chi connectivity index (χ0) is 15.3. The smallest absolute Gasteiger partial charge is 0.112 e. The number of nitrogens with zero attached hydrogens (tertiary/aromatic N) is 1. The fourth-order valence-electron chi connectivity index (χ4n) is 0.489. The highest BCUT2D eigenvalue weighted by Crippen LogP contribution is 2.19. The Balaban J connectivity index is 3.75. The summed E-state index contributed by atoms with van der Waals surface area (Å²) in [6.07, 6.45) is 1.12. The summed E-state index contributed by atoms with van der Waals surface area (Å²) in [5, 5.41) is 0. The number of aromatic nitrogens is 2. The van der Waals surface area contributed by atoms with Gasteiger partial charge in [-0.25, -0.2) is 4.98 Å². The van der Waals surface area contributed by atoms with Crippen molar-refractivity contribution >= 4 is 15.9 Å². The van der Waals surface area contributed by atoms with Gasteiger partial charge in [0.15, 0.2) is 0 Å². The molecule has 0 aliphatic rings. The van der Waals surface area contributed by atoms with Gasteiger partial charge in [0.2, 0.25) is 0 Å². The minimum atomic E-state index is -3.29. The molecule has 0 saturated carbocycles. The second-order valence-electron chi connectivity index (χ2n) is 1.83. The van der Waals surface area contributed by atoms with Crippen molar-refractivity contribution in [2.75, 3.05) is 0 Å². The van der Waals surface area contributed by atoms with Crippen LogP contribution in [0.2, 0.25) is 0 Å². The van der Waals surface area contributed by atoms with Gasteiger partial charge in [-0.3, -0.25) is 0 Å². The topological polar surface area (TPSA) is 28.7 Å². The van der Waals surface area contributed by atoms with Gasteiger partial charge >= 0.3 is 0 Å². The van der Waals surface area contributed by atoms with Gasteiger partial charge in [-0.15, -0.1) is 0 Å². The fourth-order valence-corrected chi connectivity index (χ4v) is 0.780. The van der Waals surface area contributed by atoms with E-state index in [4.69, 9.17) is 12.3 Å². The van der Waals surface area contributed by atoms with Gasteiger partial charge in [0.1, 0.15) is 10.4 Å². The van der Waals surface area contributed by atoms with Gasteiger partial charge in [-0.05, 0) is 15.9 Å². The molecule has 1 aromatic rings. The van der Waals surface area contributed by atoms with E-state index >= 15 is 0 Å². The normalized spacial score (nSPS) is 29.1. The van der Waals surface area contributed by atoms with Crippen molar-refractivity contribution in [2.24, 2.45) is 0 Å². The number of halogens is 1. The molecule has 0 aliphatic carbocycles. The van der Waals surface area contributed by atoms with Crippen molar-refractivity contribution in [3.05, 3.63) is 16.6 Å². The molecule has 0 bridgehead atoms. The zero-order valence-corrected chi connectivity index (χ0v) is 6.49. The summed E-state index contributed by atoms with van der Waals surface area (Å²) in [7, 11) is 0. The Hall–Kier alpha value is -0.310. The molecule has 0 aromatic carbocycles. The van der Waals surface area contributed by atoms with E-state index in [1.165, 1.54) is 0 Å². The third-order valence-electron chi connectivity index (χ3n) is 0.900. The summed E-state index contributed by atoms with van der Waals surface area (Å²) >= 11 is 2.96. The van der Waals surface area contributed by atoms with E-state index in [1.54, 1.807) is 0 Å². The SMILES string of the molecule is [2H]C([2H])([2H])C(c1ncc(Br)[nH]1)(C([2H])([2H])[2H])C([2H])([2H])[2H]. The van der Waals surface area contributed by atoms with Gasteiger partial charge < -0.3 is 4.98 Å². The molecule has 0 aliphatic heterocycles. The first-order valence-electron chi connectivity index (χ1n) is 6.96. The summed E-state index contributed by atoms with van der Waals surface area (Å²) in [4.78, 5) is 5.97. The highest BCUT2D eigenvalue weighted by molar-refractivity contribution is 9.10. The van der Waals surface area contributed by atoms with Crippen molar-refractivity contribution < 1.29 is 12.3 Å². The standard InChI is InChI=1S/C7H11BrN2/c1-7(2,3)6-9-4-5(8)10-6/h4H,1-3H3,(H,9,10)/i1D3,2D3,3D3. The molecule has 56 valence electrons. The Morgan fingerprint density at radius 2 is 2.40 bits per heavy atom. The second-order valence-corrected chi connectivity index (χ2v) is 2.68. The van der Waals surface area contributed by atoms with Crippen LogP contribution < -0.4 is 0 Å². The van der Waals surface area contributed by atoms with Crippen LogP contribution in [0.1, 0.15) is 38.7 Å².